The molecule has 0 bridgehead atoms. The molecule has 0 radical (unpaired) electrons. The lowest BCUT2D eigenvalue weighted by Crippen LogP contribution is -2.15. The number of halogens is 2. The zero-order valence-electron chi connectivity index (χ0n) is 15.2. The predicted molar refractivity (Wildman–Crippen MR) is 113 cm³/mol. The molecule has 0 aliphatic rings. The molecular formula is C19H17Cl2N3O3S. The second-order valence-corrected chi connectivity index (χ2v) is 7.59. The number of aromatic nitrogens is 2. The maximum Gasteiger partial charge on any atom is 0.411 e. The van der Waals surface area contributed by atoms with Crippen LogP contribution in [0.2, 0.25) is 10.0 Å². The number of methoxy groups -OCH3 is 1. The average Bonchev–Trinajstić information content (AvgIpc) is 2.68. The van der Waals surface area contributed by atoms with E-state index in [4.69, 9.17) is 32.7 Å². The molecule has 1 aromatic heterocycles. The molecule has 146 valence electrons. The number of carbonyl (C=O) groups excluding carboxylic acids is 1. The standard InChI is InChI=1S/C19H17Cl2N3O3S/c1-11-14-10-13(26-2)4-6-17(14)24-18(22-11)28-8-7-27-19(25)23-12-3-5-15(20)16(21)9-12/h3-6,9-10H,7-8H2,1-2H3,(H,23,25). The highest BCUT2D eigenvalue weighted by molar-refractivity contribution is 7.99. The Balaban J connectivity index is 1.52. The maximum atomic E-state index is 11.8. The molecular weight excluding hydrogens is 421 g/mol. The average molecular weight is 438 g/mol. The Hall–Kier alpha value is -2.22. The lowest BCUT2D eigenvalue weighted by atomic mass is 10.2. The number of rotatable bonds is 6. The van der Waals surface area contributed by atoms with Gasteiger partial charge in [-0.1, -0.05) is 35.0 Å². The molecule has 3 aromatic rings. The number of fused-ring (bicyclic) bond motifs is 1. The van der Waals surface area contributed by atoms with Crippen molar-refractivity contribution in [1.82, 2.24) is 9.97 Å². The Labute approximate surface area is 176 Å². The second-order valence-electron chi connectivity index (χ2n) is 5.71. The Morgan fingerprint density at radius 2 is 1.96 bits per heavy atom. The zero-order valence-corrected chi connectivity index (χ0v) is 17.5. The van der Waals surface area contributed by atoms with Crippen molar-refractivity contribution in [3.63, 3.8) is 0 Å². The third kappa shape index (κ3) is 5.19. The number of thioether (sulfide) groups is 1. The zero-order chi connectivity index (χ0) is 20.1. The molecule has 1 N–H and O–H groups in total. The number of ether oxygens (including phenoxy) is 2. The largest absolute Gasteiger partial charge is 0.497 e. The normalized spacial score (nSPS) is 10.7. The number of aryl methyl sites for hydroxylation is 1. The molecule has 0 unspecified atom stereocenters. The van der Waals surface area contributed by atoms with Gasteiger partial charge in [-0.3, -0.25) is 5.32 Å². The van der Waals surface area contributed by atoms with Crippen molar-refractivity contribution < 1.29 is 14.3 Å². The first-order valence-corrected chi connectivity index (χ1v) is 10.0. The third-order valence-corrected chi connectivity index (χ3v) is 5.34. The smallest absolute Gasteiger partial charge is 0.411 e. The van der Waals surface area contributed by atoms with Crippen LogP contribution >= 0.6 is 35.0 Å². The van der Waals surface area contributed by atoms with Crippen LogP contribution < -0.4 is 10.1 Å². The summed E-state index contributed by atoms with van der Waals surface area (Å²) in [6.45, 7) is 2.13. The first-order valence-electron chi connectivity index (χ1n) is 8.30. The van der Waals surface area contributed by atoms with E-state index in [1.54, 1.807) is 25.3 Å². The van der Waals surface area contributed by atoms with Crippen molar-refractivity contribution in [3.8, 4) is 5.75 Å². The van der Waals surface area contributed by atoms with Gasteiger partial charge in [-0.2, -0.15) is 0 Å². The summed E-state index contributed by atoms with van der Waals surface area (Å²) in [5.41, 5.74) is 2.22. The fraction of sp³-hybridized carbons (Fsp3) is 0.211. The highest BCUT2D eigenvalue weighted by Gasteiger charge is 2.08. The van der Waals surface area contributed by atoms with Crippen molar-refractivity contribution >= 4 is 57.6 Å². The van der Waals surface area contributed by atoms with Gasteiger partial charge in [0.2, 0.25) is 0 Å². The van der Waals surface area contributed by atoms with Crippen LogP contribution in [0.1, 0.15) is 5.69 Å². The van der Waals surface area contributed by atoms with Gasteiger partial charge < -0.3 is 9.47 Å². The summed E-state index contributed by atoms with van der Waals surface area (Å²) in [6.07, 6.45) is -0.568. The number of amides is 1. The monoisotopic (exact) mass is 437 g/mol. The quantitative estimate of drug-likeness (QED) is 0.307. The SMILES string of the molecule is COc1ccc2nc(SCCOC(=O)Nc3ccc(Cl)c(Cl)c3)nc(C)c2c1. The summed E-state index contributed by atoms with van der Waals surface area (Å²) >= 11 is 13.2. The van der Waals surface area contributed by atoms with Crippen LogP contribution in [0, 0.1) is 6.92 Å². The molecule has 28 heavy (non-hydrogen) atoms. The highest BCUT2D eigenvalue weighted by atomic mass is 35.5. The lowest BCUT2D eigenvalue weighted by molar-refractivity contribution is 0.169. The Morgan fingerprint density at radius 1 is 1.14 bits per heavy atom. The van der Waals surface area contributed by atoms with Crippen LogP contribution in [-0.2, 0) is 4.74 Å². The van der Waals surface area contributed by atoms with Crippen LogP contribution in [-0.4, -0.2) is 35.5 Å². The number of hydrogen-bond donors (Lipinski definition) is 1. The predicted octanol–water partition coefficient (Wildman–Crippen LogP) is 5.59. The van der Waals surface area contributed by atoms with Crippen LogP contribution in [0.3, 0.4) is 0 Å². The van der Waals surface area contributed by atoms with Crippen molar-refractivity contribution in [2.75, 3.05) is 24.8 Å². The molecule has 0 atom stereocenters. The van der Waals surface area contributed by atoms with Crippen molar-refractivity contribution in [2.24, 2.45) is 0 Å². The number of nitrogens with zero attached hydrogens (tertiary/aromatic N) is 2. The Bertz CT molecular complexity index is 1020. The van der Waals surface area contributed by atoms with Gasteiger partial charge in [0, 0.05) is 22.5 Å². The Morgan fingerprint density at radius 3 is 2.71 bits per heavy atom. The number of nitrogens with one attached hydrogen (secondary N) is 1. The maximum absolute atomic E-state index is 11.8. The number of hydrogen-bond acceptors (Lipinski definition) is 6. The number of carbonyl (C=O) groups is 1. The van der Waals surface area contributed by atoms with Gasteiger partial charge >= 0.3 is 6.09 Å². The first-order chi connectivity index (χ1) is 13.5. The fourth-order valence-corrected chi connectivity index (χ4v) is 3.43. The van der Waals surface area contributed by atoms with Gasteiger partial charge in [-0.15, -0.1) is 0 Å². The Kier molecular flexibility index (Phi) is 6.83. The lowest BCUT2D eigenvalue weighted by Gasteiger charge is -2.09. The van der Waals surface area contributed by atoms with Crippen LogP contribution in [0.25, 0.3) is 10.9 Å². The van der Waals surface area contributed by atoms with Crippen LogP contribution in [0.15, 0.2) is 41.6 Å². The van der Waals surface area contributed by atoms with Gasteiger partial charge in [-0.25, -0.2) is 14.8 Å². The molecule has 0 aliphatic carbocycles. The third-order valence-electron chi connectivity index (χ3n) is 3.79. The van der Waals surface area contributed by atoms with E-state index in [1.165, 1.54) is 11.8 Å². The summed E-state index contributed by atoms with van der Waals surface area (Å²) in [5, 5.41) is 4.95. The minimum absolute atomic E-state index is 0.209. The summed E-state index contributed by atoms with van der Waals surface area (Å²) in [7, 11) is 1.62. The molecule has 0 fully saturated rings. The fourth-order valence-electron chi connectivity index (χ4n) is 2.42. The van der Waals surface area contributed by atoms with Gasteiger partial charge in [0.05, 0.1) is 22.7 Å². The van der Waals surface area contributed by atoms with E-state index >= 15 is 0 Å². The molecule has 6 nitrogen and oxygen atoms in total. The van der Waals surface area contributed by atoms with Crippen molar-refractivity contribution in [2.45, 2.75) is 12.1 Å². The number of benzene rings is 2. The minimum Gasteiger partial charge on any atom is -0.497 e. The van der Waals surface area contributed by atoms with Crippen molar-refractivity contribution in [1.29, 1.82) is 0 Å². The molecule has 0 spiro atoms. The molecule has 0 saturated heterocycles. The molecule has 0 saturated carbocycles. The number of anilines is 1. The summed E-state index contributed by atoms with van der Waals surface area (Å²) in [4.78, 5) is 20.9. The van der Waals surface area contributed by atoms with Gasteiger partial charge in [0.1, 0.15) is 12.4 Å². The highest BCUT2D eigenvalue weighted by Crippen LogP contribution is 2.26. The first kappa shape index (κ1) is 20.5. The van der Waals surface area contributed by atoms with Gasteiger partial charge in [0.25, 0.3) is 0 Å². The summed E-state index contributed by atoms with van der Waals surface area (Å²) in [6, 6.07) is 10.5. The molecule has 2 aromatic carbocycles. The molecule has 9 heteroatoms. The molecule has 0 aliphatic heterocycles. The molecule has 1 amide bonds. The van der Waals surface area contributed by atoms with Crippen LogP contribution in [0.4, 0.5) is 10.5 Å². The van der Waals surface area contributed by atoms with E-state index in [-0.39, 0.29) is 6.61 Å². The van der Waals surface area contributed by atoms with E-state index in [1.807, 2.05) is 25.1 Å². The van der Waals surface area contributed by atoms with Gasteiger partial charge in [0.15, 0.2) is 5.16 Å². The van der Waals surface area contributed by atoms with E-state index in [2.05, 4.69) is 15.3 Å². The van der Waals surface area contributed by atoms with E-state index < -0.39 is 6.09 Å². The minimum atomic E-state index is -0.568. The van der Waals surface area contributed by atoms with E-state index in [0.717, 1.165) is 22.3 Å². The van der Waals surface area contributed by atoms with E-state index in [0.29, 0.717) is 26.6 Å². The summed E-state index contributed by atoms with van der Waals surface area (Å²) in [5.74, 6) is 1.29. The van der Waals surface area contributed by atoms with Crippen molar-refractivity contribution in [3.05, 3.63) is 52.1 Å². The van der Waals surface area contributed by atoms with Gasteiger partial charge in [-0.05, 0) is 43.3 Å². The molecule has 3 rings (SSSR count). The topological polar surface area (TPSA) is 73.3 Å². The van der Waals surface area contributed by atoms with Crippen LogP contribution in [0.5, 0.6) is 5.75 Å². The molecule has 1 heterocycles. The summed E-state index contributed by atoms with van der Waals surface area (Å²) < 4.78 is 10.4. The van der Waals surface area contributed by atoms with E-state index in [9.17, 15) is 4.79 Å². The second kappa shape index (κ2) is 9.32.